The molecule has 3 saturated heterocycles. The van der Waals surface area contributed by atoms with E-state index in [1.54, 1.807) is 24.3 Å². The van der Waals surface area contributed by atoms with Crippen molar-refractivity contribution in [2.45, 2.75) is 0 Å². The molecule has 3 aliphatic rings. The van der Waals surface area contributed by atoms with Gasteiger partial charge in [-0.15, -0.1) is 6.58 Å². The molecule has 0 amide bonds. The lowest BCUT2D eigenvalue weighted by Crippen LogP contribution is -2.88. The van der Waals surface area contributed by atoms with Crippen molar-refractivity contribution in [1.82, 2.24) is 0 Å². The molecule has 0 saturated carbocycles. The fourth-order valence-electron chi connectivity index (χ4n) is 4.08. The van der Waals surface area contributed by atoms with Crippen LogP contribution in [0.25, 0.3) is 0 Å². The van der Waals surface area contributed by atoms with E-state index in [9.17, 15) is 0 Å². The molecule has 0 spiro atoms. The van der Waals surface area contributed by atoms with Crippen LogP contribution in [0.4, 0.5) is 0 Å². The van der Waals surface area contributed by atoms with Crippen LogP contribution in [0.1, 0.15) is 0 Å². The molecule has 0 aromatic heterocycles. The van der Waals surface area contributed by atoms with E-state index in [-0.39, 0.29) is 0 Å². The van der Waals surface area contributed by atoms with E-state index in [1.807, 2.05) is 36.4 Å². The van der Waals surface area contributed by atoms with Gasteiger partial charge in [0.05, 0.1) is 0 Å². The van der Waals surface area contributed by atoms with Crippen molar-refractivity contribution in [2.24, 2.45) is 0 Å². The second-order valence-electron chi connectivity index (χ2n) is 8.09. The Morgan fingerprint density at radius 1 is 0.553 bits per heavy atom. The van der Waals surface area contributed by atoms with Crippen LogP contribution in [-0.4, -0.2) is 81.8 Å². The van der Waals surface area contributed by atoms with Crippen molar-refractivity contribution in [3.63, 3.8) is 0 Å². The highest BCUT2D eigenvalue weighted by molar-refractivity contribution is 7.04. The van der Waals surface area contributed by atoms with Crippen molar-refractivity contribution >= 4 is 63.7 Å². The van der Waals surface area contributed by atoms with Crippen LogP contribution in [0.3, 0.4) is 0 Å². The fraction of sp³-hybridized carbons (Fsp3) is 0.200. The van der Waals surface area contributed by atoms with Crippen LogP contribution in [-0.2, 0) is 50.6 Å². The van der Waals surface area contributed by atoms with E-state index < -0.39 is 53.3 Å². The number of benzene rings is 2. The normalized spacial score (nSPS) is 38.0. The van der Waals surface area contributed by atoms with E-state index in [4.69, 9.17) is 50.6 Å². The number of hydrogen-bond donors (Lipinski definition) is 0. The molecule has 12 nitrogen and oxygen atoms in total. The zero-order valence-electron chi connectivity index (χ0n) is 21.2. The maximum atomic E-state index is 6.84. The molecule has 204 valence electrons. The first-order chi connectivity index (χ1) is 18.2. The van der Waals surface area contributed by atoms with E-state index in [2.05, 4.69) is 13.2 Å². The highest BCUT2D eigenvalue weighted by atomic mass is 28.6. The van der Waals surface area contributed by atoms with Crippen molar-refractivity contribution < 1.29 is 50.6 Å². The quantitative estimate of drug-likeness (QED) is 0.383. The van der Waals surface area contributed by atoms with Gasteiger partial charge in [-0.1, -0.05) is 67.2 Å². The van der Waals surface area contributed by atoms with E-state index in [0.717, 1.165) is 0 Å². The summed E-state index contributed by atoms with van der Waals surface area (Å²) in [6.07, 6.45) is 0. The predicted molar refractivity (Wildman–Crippen MR) is 144 cm³/mol. The first-order valence-corrected chi connectivity index (χ1v) is 21.8. The minimum Gasteiger partial charge on any atom is -0.375 e. The molecule has 5 unspecified atom stereocenters. The molecule has 2 aromatic rings. The van der Waals surface area contributed by atoms with Crippen LogP contribution in [0.5, 0.6) is 0 Å². The van der Waals surface area contributed by atoms with Gasteiger partial charge in [0.15, 0.2) is 0 Å². The van der Waals surface area contributed by atoms with Crippen LogP contribution in [0.2, 0.25) is 0 Å². The molecular weight excluding hydrogens is 601 g/mol. The maximum absolute atomic E-state index is 6.84. The van der Waals surface area contributed by atoms with Crippen molar-refractivity contribution in [1.29, 1.82) is 0 Å². The Hall–Kier alpha value is -1.26. The third-order valence-corrected chi connectivity index (χ3v) is 28.2. The molecule has 5 atom stereocenters. The Kier molecular flexibility index (Phi) is 7.66. The van der Waals surface area contributed by atoms with Crippen LogP contribution in [0, 0.1) is 0 Å². The molecule has 3 heterocycles. The first kappa shape index (κ1) is 28.3. The van der Waals surface area contributed by atoms with Gasteiger partial charge in [0, 0.05) is 38.8 Å². The summed E-state index contributed by atoms with van der Waals surface area (Å²) < 4.78 is 75.9. The molecule has 4 bridgehead atoms. The zero-order valence-corrected chi connectivity index (χ0v) is 27.2. The van der Waals surface area contributed by atoms with Gasteiger partial charge in [-0.3, -0.25) is 0 Å². The van der Waals surface area contributed by atoms with Crippen molar-refractivity contribution in [2.75, 3.05) is 28.4 Å². The predicted octanol–water partition coefficient (Wildman–Crippen LogP) is 0.637. The summed E-state index contributed by atoms with van der Waals surface area (Å²) in [6, 6.07) is 18.2. The lowest BCUT2D eigenvalue weighted by molar-refractivity contribution is -0.0473. The number of hydrogen-bond acceptors (Lipinski definition) is 12. The Labute approximate surface area is 227 Å². The van der Waals surface area contributed by atoms with Crippen molar-refractivity contribution in [3.05, 3.63) is 85.2 Å². The summed E-state index contributed by atoms with van der Waals surface area (Å²) >= 11 is 0. The topological polar surface area (TPSA) is 111 Å². The lowest BCUT2D eigenvalue weighted by atomic mass is 10.4. The highest BCUT2D eigenvalue weighted by Gasteiger charge is 2.81. The number of rotatable bonds is 8. The smallest absolute Gasteiger partial charge is 0.375 e. The second-order valence-corrected chi connectivity index (χ2v) is 24.9. The molecular formula is C20H28O12Si6. The molecule has 0 N–H and O–H groups in total. The monoisotopic (exact) mass is 628 g/mol. The third-order valence-electron chi connectivity index (χ3n) is 5.93. The standard InChI is InChI=1S/C20H28O12Si6/c1-7-33(21-3)25-35(19-15-11-9-12-16-19)26-34(8-2)27-36(20-17-13-10-14-18-20,30-37(22-4,23-5)29-34)32-38(24-6,28-33)31-35/h7-18H,1-2H2,3-6H3. The Balaban J connectivity index is 1.81. The average Bonchev–Trinajstić information content (AvgIpc) is 2.97. The molecule has 3 aliphatic heterocycles. The molecule has 38 heavy (non-hydrogen) atoms. The molecule has 18 heteroatoms. The number of fused-ring (bicyclic) bond motifs is 4. The Bertz CT molecular complexity index is 1180. The van der Waals surface area contributed by atoms with Gasteiger partial charge in [0.2, 0.25) is 0 Å². The largest absolute Gasteiger partial charge is 0.664 e. The zero-order chi connectivity index (χ0) is 27.1. The van der Waals surface area contributed by atoms with Crippen LogP contribution < -0.4 is 10.4 Å². The average molecular weight is 629 g/mol. The summed E-state index contributed by atoms with van der Waals surface area (Å²) in [5.74, 6) is 0. The molecule has 5 rings (SSSR count). The SMILES string of the molecule is C=C[Si]1(OC)O[Si]2(OC)O[Si](c3ccccc3)(O1)O[Si]1(C=C)O[Si](OC)(OC)O[Si](c3ccccc3)(O1)O2. The first-order valence-electron chi connectivity index (χ1n) is 11.4. The summed E-state index contributed by atoms with van der Waals surface area (Å²) in [5.41, 5.74) is 2.92. The maximum Gasteiger partial charge on any atom is 0.664 e. The lowest BCUT2D eigenvalue weighted by Gasteiger charge is -2.56. The summed E-state index contributed by atoms with van der Waals surface area (Å²) in [6.45, 7) is 7.92. The van der Waals surface area contributed by atoms with Crippen molar-refractivity contribution in [3.8, 4) is 0 Å². The van der Waals surface area contributed by atoms with Crippen LogP contribution in [0.15, 0.2) is 85.2 Å². The van der Waals surface area contributed by atoms with Crippen LogP contribution >= 0.6 is 0 Å². The van der Waals surface area contributed by atoms with Gasteiger partial charge < -0.3 is 50.6 Å². The van der Waals surface area contributed by atoms with E-state index in [0.29, 0.717) is 10.4 Å². The van der Waals surface area contributed by atoms with E-state index in [1.165, 1.54) is 39.8 Å². The molecule has 0 aliphatic carbocycles. The minimum absolute atomic E-state index is 0.552. The second kappa shape index (κ2) is 10.3. The summed E-state index contributed by atoms with van der Waals surface area (Å²) in [7, 11) is -18.5. The summed E-state index contributed by atoms with van der Waals surface area (Å²) in [4.78, 5) is 0. The third kappa shape index (κ3) is 4.60. The van der Waals surface area contributed by atoms with Gasteiger partial charge in [0.1, 0.15) is 0 Å². The van der Waals surface area contributed by atoms with Gasteiger partial charge >= 0.3 is 53.3 Å². The van der Waals surface area contributed by atoms with Gasteiger partial charge in [0.25, 0.3) is 0 Å². The molecule has 2 aromatic carbocycles. The van der Waals surface area contributed by atoms with E-state index >= 15 is 0 Å². The minimum atomic E-state index is -4.26. The summed E-state index contributed by atoms with van der Waals surface area (Å²) in [5, 5.41) is 1.12. The Morgan fingerprint density at radius 3 is 1.50 bits per heavy atom. The van der Waals surface area contributed by atoms with Gasteiger partial charge in [-0.25, -0.2) is 0 Å². The fourth-order valence-corrected chi connectivity index (χ4v) is 31.9. The van der Waals surface area contributed by atoms with Gasteiger partial charge in [-0.05, 0) is 11.4 Å². The molecule has 0 radical (unpaired) electrons. The Morgan fingerprint density at radius 2 is 1.08 bits per heavy atom. The molecule has 3 fully saturated rings. The highest BCUT2D eigenvalue weighted by Crippen LogP contribution is 2.44. The van der Waals surface area contributed by atoms with Gasteiger partial charge in [-0.2, -0.15) is 0 Å².